The van der Waals surface area contributed by atoms with Crippen molar-refractivity contribution in [2.75, 3.05) is 0 Å². The molecule has 0 aliphatic carbocycles. The molecule has 2 nitrogen and oxygen atoms in total. The molecule has 2 heterocycles. The number of benzene rings is 1. The van der Waals surface area contributed by atoms with Gasteiger partial charge in [-0.25, -0.2) is 0 Å². The molecule has 0 unspecified atom stereocenters. The third kappa shape index (κ3) is 2.36. The molecule has 0 spiro atoms. The van der Waals surface area contributed by atoms with Gasteiger partial charge in [0, 0.05) is 23.8 Å². The van der Waals surface area contributed by atoms with E-state index < -0.39 is 11.7 Å². The topological polar surface area (TPSA) is 17.8 Å². The third-order valence-electron chi connectivity index (χ3n) is 4.09. The minimum absolute atomic E-state index is 0.178. The molecule has 0 saturated heterocycles. The second kappa shape index (κ2) is 5.16. The second-order valence-corrected chi connectivity index (χ2v) is 5.34. The molecule has 5 heteroatoms. The summed E-state index contributed by atoms with van der Waals surface area (Å²) < 4.78 is 41.3. The van der Waals surface area contributed by atoms with E-state index in [1.54, 1.807) is 18.5 Å². The number of pyridine rings is 1. The van der Waals surface area contributed by atoms with E-state index in [1.807, 2.05) is 24.5 Å². The lowest BCUT2D eigenvalue weighted by Gasteiger charge is -2.15. The molecular weight excluding hydrogens is 289 g/mol. The highest BCUT2D eigenvalue weighted by Crippen LogP contribution is 2.33. The lowest BCUT2D eigenvalue weighted by Crippen LogP contribution is -2.12. The Morgan fingerprint density at radius 3 is 2.55 bits per heavy atom. The molecule has 2 aromatic heterocycles. The average molecular weight is 304 g/mol. The van der Waals surface area contributed by atoms with Gasteiger partial charge in [0.2, 0.25) is 0 Å². The van der Waals surface area contributed by atoms with Crippen molar-refractivity contribution in [2.45, 2.75) is 26.6 Å². The highest BCUT2D eigenvalue weighted by atomic mass is 19.4. The molecule has 1 aromatic carbocycles. The van der Waals surface area contributed by atoms with Crippen molar-refractivity contribution in [2.24, 2.45) is 0 Å². The number of hydrogen-bond acceptors (Lipinski definition) is 1. The van der Waals surface area contributed by atoms with E-state index in [0.29, 0.717) is 0 Å². The van der Waals surface area contributed by atoms with E-state index in [1.165, 1.54) is 12.1 Å². The molecule has 0 amide bonds. The first-order valence-corrected chi connectivity index (χ1v) is 6.94. The maximum Gasteiger partial charge on any atom is 0.416 e. The van der Waals surface area contributed by atoms with Crippen molar-refractivity contribution in [3.05, 3.63) is 65.1 Å². The second-order valence-electron chi connectivity index (χ2n) is 5.34. The molecule has 22 heavy (non-hydrogen) atoms. The van der Waals surface area contributed by atoms with Crippen LogP contribution in [-0.4, -0.2) is 9.55 Å². The normalized spacial score (nSPS) is 12.0. The predicted octanol–water partition coefficient (Wildman–Crippen LogP) is 4.72. The van der Waals surface area contributed by atoms with Gasteiger partial charge in [0.05, 0.1) is 17.3 Å². The van der Waals surface area contributed by atoms with Crippen LogP contribution >= 0.6 is 0 Å². The summed E-state index contributed by atoms with van der Waals surface area (Å²) in [4.78, 5) is 4.10. The summed E-state index contributed by atoms with van der Waals surface area (Å²) in [6, 6.07) is 7.60. The summed E-state index contributed by atoms with van der Waals surface area (Å²) in [6.07, 6.45) is -0.949. The molecule has 114 valence electrons. The standard InChI is InChI=1S/C17H15F3N2/c1-11-12(2)22(16-9-21-8-7-14(11)16)10-13-5-3-4-6-15(13)17(18,19)20/h3-9H,10H2,1-2H3. The number of hydrogen-bond donors (Lipinski definition) is 0. The zero-order valence-electron chi connectivity index (χ0n) is 12.3. The smallest absolute Gasteiger partial charge is 0.339 e. The molecule has 0 aliphatic rings. The van der Waals surface area contributed by atoms with Crippen molar-refractivity contribution in [3.8, 4) is 0 Å². The molecule has 0 atom stereocenters. The Kier molecular flexibility index (Phi) is 3.43. The third-order valence-corrected chi connectivity index (χ3v) is 4.09. The molecular formula is C17H15F3N2. The first-order chi connectivity index (χ1) is 10.4. The molecule has 3 aromatic rings. The Morgan fingerprint density at radius 2 is 1.82 bits per heavy atom. The van der Waals surface area contributed by atoms with Gasteiger partial charge >= 0.3 is 6.18 Å². The maximum atomic E-state index is 13.1. The van der Waals surface area contributed by atoms with Crippen LogP contribution < -0.4 is 0 Å². The van der Waals surface area contributed by atoms with Gasteiger partial charge in [-0.2, -0.15) is 13.2 Å². The molecule has 0 fully saturated rings. The summed E-state index contributed by atoms with van der Waals surface area (Å²) in [5.74, 6) is 0. The zero-order valence-corrected chi connectivity index (χ0v) is 12.3. The van der Waals surface area contributed by atoms with Crippen LogP contribution in [0.5, 0.6) is 0 Å². The SMILES string of the molecule is Cc1c(C)n(Cc2ccccc2C(F)(F)F)c2cnccc12. The predicted molar refractivity (Wildman–Crippen MR) is 79.8 cm³/mol. The van der Waals surface area contributed by atoms with Crippen LogP contribution in [0.2, 0.25) is 0 Å². The van der Waals surface area contributed by atoms with Gasteiger partial charge in [0.15, 0.2) is 0 Å². The van der Waals surface area contributed by atoms with Crippen LogP contribution in [0.4, 0.5) is 13.2 Å². The molecule has 3 rings (SSSR count). The minimum Gasteiger partial charge on any atom is -0.339 e. The zero-order chi connectivity index (χ0) is 15.9. The Bertz CT molecular complexity index is 832. The van der Waals surface area contributed by atoms with Gasteiger partial charge < -0.3 is 4.57 Å². The number of fused-ring (bicyclic) bond motifs is 1. The first-order valence-electron chi connectivity index (χ1n) is 6.94. The minimum atomic E-state index is -4.35. The number of halogens is 3. The van der Waals surface area contributed by atoms with Gasteiger partial charge in [0.25, 0.3) is 0 Å². The van der Waals surface area contributed by atoms with Crippen LogP contribution in [0, 0.1) is 13.8 Å². The van der Waals surface area contributed by atoms with Crippen LogP contribution in [0.25, 0.3) is 10.9 Å². The quantitative estimate of drug-likeness (QED) is 0.670. The monoisotopic (exact) mass is 304 g/mol. The van der Waals surface area contributed by atoms with Crippen LogP contribution in [0.15, 0.2) is 42.7 Å². The number of aryl methyl sites for hydroxylation is 1. The van der Waals surface area contributed by atoms with Gasteiger partial charge in [-0.3, -0.25) is 4.98 Å². The van der Waals surface area contributed by atoms with E-state index in [9.17, 15) is 13.2 Å². The van der Waals surface area contributed by atoms with Crippen molar-refractivity contribution < 1.29 is 13.2 Å². The summed E-state index contributed by atoms with van der Waals surface area (Å²) >= 11 is 0. The lowest BCUT2D eigenvalue weighted by molar-refractivity contribution is -0.138. The van der Waals surface area contributed by atoms with Crippen LogP contribution in [0.1, 0.15) is 22.4 Å². The van der Waals surface area contributed by atoms with Gasteiger partial charge in [-0.1, -0.05) is 18.2 Å². The Morgan fingerprint density at radius 1 is 1.09 bits per heavy atom. The summed E-state index contributed by atoms with van der Waals surface area (Å²) in [7, 11) is 0. The van der Waals surface area contributed by atoms with Gasteiger partial charge in [-0.15, -0.1) is 0 Å². The average Bonchev–Trinajstić information content (AvgIpc) is 2.72. The molecule has 0 radical (unpaired) electrons. The van der Waals surface area contributed by atoms with Gasteiger partial charge in [-0.05, 0) is 37.1 Å². The molecule has 0 aliphatic heterocycles. The number of nitrogens with zero attached hydrogens (tertiary/aromatic N) is 2. The summed E-state index contributed by atoms with van der Waals surface area (Å²) in [5, 5.41) is 1.02. The summed E-state index contributed by atoms with van der Waals surface area (Å²) in [5.41, 5.74) is 2.56. The van der Waals surface area contributed by atoms with E-state index >= 15 is 0 Å². The van der Waals surface area contributed by atoms with Crippen molar-refractivity contribution in [1.29, 1.82) is 0 Å². The fourth-order valence-electron chi connectivity index (χ4n) is 2.81. The molecule has 0 bridgehead atoms. The van der Waals surface area contributed by atoms with Crippen molar-refractivity contribution >= 4 is 10.9 Å². The highest BCUT2D eigenvalue weighted by molar-refractivity contribution is 5.84. The Hall–Kier alpha value is -2.30. The number of aromatic nitrogens is 2. The molecule has 0 saturated carbocycles. The summed E-state index contributed by atoms with van der Waals surface area (Å²) in [6.45, 7) is 4.08. The van der Waals surface area contributed by atoms with E-state index in [0.717, 1.165) is 28.2 Å². The Balaban J connectivity index is 2.15. The lowest BCUT2D eigenvalue weighted by atomic mass is 10.1. The largest absolute Gasteiger partial charge is 0.416 e. The van der Waals surface area contributed by atoms with E-state index in [-0.39, 0.29) is 12.1 Å². The first kappa shape index (κ1) is 14.6. The van der Waals surface area contributed by atoms with Crippen LogP contribution in [0.3, 0.4) is 0 Å². The highest BCUT2D eigenvalue weighted by Gasteiger charge is 2.33. The number of alkyl halides is 3. The van der Waals surface area contributed by atoms with E-state index in [2.05, 4.69) is 4.98 Å². The van der Waals surface area contributed by atoms with Crippen molar-refractivity contribution in [1.82, 2.24) is 9.55 Å². The number of rotatable bonds is 2. The fourth-order valence-corrected chi connectivity index (χ4v) is 2.81. The van der Waals surface area contributed by atoms with E-state index in [4.69, 9.17) is 0 Å². The van der Waals surface area contributed by atoms with Crippen molar-refractivity contribution in [3.63, 3.8) is 0 Å². The van der Waals surface area contributed by atoms with Crippen LogP contribution in [-0.2, 0) is 12.7 Å². The van der Waals surface area contributed by atoms with Gasteiger partial charge in [0.1, 0.15) is 0 Å². The fraction of sp³-hybridized carbons (Fsp3) is 0.235. The maximum absolute atomic E-state index is 13.1. The Labute approximate surface area is 126 Å². The molecule has 0 N–H and O–H groups in total.